The molecule has 0 unspecified atom stereocenters. The molecule has 4 rings (SSSR count). The van der Waals surface area contributed by atoms with E-state index in [1.54, 1.807) is 18.3 Å². The van der Waals surface area contributed by atoms with Gasteiger partial charge in [-0.1, -0.05) is 13.0 Å². The highest BCUT2D eigenvalue weighted by Gasteiger charge is 2.16. The zero-order valence-corrected chi connectivity index (χ0v) is 16.4. The molecule has 0 aliphatic heterocycles. The lowest BCUT2D eigenvalue weighted by Gasteiger charge is -2.15. The van der Waals surface area contributed by atoms with E-state index < -0.39 is 0 Å². The van der Waals surface area contributed by atoms with Gasteiger partial charge in [0.15, 0.2) is 5.82 Å². The van der Waals surface area contributed by atoms with Crippen molar-refractivity contribution in [3.05, 3.63) is 36.3 Å². The van der Waals surface area contributed by atoms with E-state index in [0.29, 0.717) is 13.0 Å². The fraction of sp³-hybridized carbons (Fsp3) is 0.300. The van der Waals surface area contributed by atoms with E-state index in [9.17, 15) is 4.79 Å². The molecule has 0 spiro atoms. The van der Waals surface area contributed by atoms with Gasteiger partial charge >= 0.3 is 0 Å². The molecule has 0 fully saturated rings. The fourth-order valence-corrected chi connectivity index (χ4v) is 3.43. The van der Waals surface area contributed by atoms with Crippen molar-refractivity contribution in [3.63, 3.8) is 0 Å². The number of anilines is 1. The zero-order valence-electron chi connectivity index (χ0n) is 16.4. The minimum Gasteiger partial charge on any atom is -0.371 e. The van der Waals surface area contributed by atoms with E-state index in [-0.39, 0.29) is 5.91 Å². The Balaban J connectivity index is 1.78. The van der Waals surface area contributed by atoms with Crippen molar-refractivity contribution in [3.8, 4) is 11.4 Å². The molecule has 0 saturated heterocycles. The molecule has 8 heteroatoms. The monoisotopic (exact) mass is 377 g/mol. The third-order valence-corrected chi connectivity index (χ3v) is 4.88. The van der Waals surface area contributed by atoms with Crippen LogP contribution in [0.1, 0.15) is 19.0 Å². The number of hydrogen-bond acceptors (Lipinski definition) is 5. The molecular formula is C20H23N7O. The number of rotatable bonds is 5. The predicted molar refractivity (Wildman–Crippen MR) is 110 cm³/mol. The van der Waals surface area contributed by atoms with E-state index >= 15 is 0 Å². The molecule has 0 aliphatic rings. The first-order valence-electron chi connectivity index (χ1n) is 9.23. The number of nitrogens with one attached hydrogen (secondary N) is 2. The van der Waals surface area contributed by atoms with Crippen molar-refractivity contribution in [2.45, 2.75) is 19.9 Å². The van der Waals surface area contributed by atoms with Crippen molar-refractivity contribution >= 4 is 33.8 Å². The van der Waals surface area contributed by atoms with Crippen LogP contribution in [0.4, 0.5) is 5.82 Å². The van der Waals surface area contributed by atoms with Crippen LogP contribution in [0, 0.1) is 0 Å². The number of aromatic nitrogens is 5. The molecule has 4 aromatic rings. The lowest BCUT2D eigenvalue weighted by atomic mass is 10.2. The maximum Gasteiger partial charge on any atom is 0.222 e. The van der Waals surface area contributed by atoms with Crippen LogP contribution in [0.3, 0.4) is 0 Å². The van der Waals surface area contributed by atoms with Crippen LogP contribution in [0.5, 0.6) is 0 Å². The number of carbonyl (C=O) groups excluding carboxylic acids is 1. The second-order valence-corrected chi connectivity index (χ2v) is 6.83. The lowest BCUT2D eigenvalue weighted by Crippen LogP contribution is -2.25. The highest BCUT2D eigenvalue weighted by atomic mass is 16.2. The quantitative estimate of drug-likeness (QED) is 0.558. The first kappa shape index (κ1) is 18.0. The topological polar surface area (TPSA) is 91.7 Å². The largest absolute Gasteiger partial charge is 0.371 e. The highest BCUT2D eigenvalue weighted by Crippen LogP contribution is 2.31. The molecule has 8 nitrogen and oxygen atoms in total. The number of aromatic amines is 1. The second kappa shape index (κ2) is 6.95. The average molecular weight is 377 g/mol. The number of fused-ring (bicyclic) bond motifs is 3. The molecule has 0 radical (unpaired) electrons. The van der Waals surface area contributed by atoms with Crippen LogP contribution in [0.25, 0.3) is 33.5 Å². The van der Waals surface area contributed by atoms with Gasteiger partial charge in [-0.15, -0.1) is 0 Å². The van der Waals surface area contributed by atoms with Gasteiger partial charge < -0.3 is 19.8 Å². The summed E-state index contributed by atoms with van der Waals surface area (Å²) in [6.07, 6.45) is 2.27. The molecule has 4 heterocycles. The third-order valence-electron chi connectivity index (χ3n) is 4.88. The van der Waals surface area contributed by atoms with E-state index in [2.05, 4.69) is 26.3 Å². The molecule has 0 aliphatic carbocycles. The van der Waals surface area contributed by atoms with Crippen LogP contribution in [-0.2, 0) is 18.4 Å². The number of H-pyrrole nitrogens is 1. The minimum atomic E-state index is 0.0974. The van der Waals surface area contributed by atoms with Gasteiger partial charge in [-0.3, -0.25) is 4.79 Å². The van der Waals surface area contributed by atoms with Crippen LogP contribution < -0.4 is 5.32 Å². The Bertz CT molecular complexity index is 1170. The summed E-state index contributed by atoms with van der Waals surface area (Å²) in [5.74, 6) is 0.832. The van der Waals surface area contributed by atoms with Gasteiger partial charge in [-0.2, -0.15) is 0 Å². The number of aryl methyl sites for hydroxylation is 1. The van der Waals surface area contributed by atoms with Crippen molar-refractivity contribution in [1.29, 1.82) is 0 Å². The highest BCUT2D eigenvalue weighted by molar-refractivity contribution is 6.07. The second-order valence-electron chi connectivity index (χ2n) is 6.83. The van der Waals surface area contributed by atoms with Crippen LogP contribution in [0.2, 0.25) is 0 Å². The molecule has 0 saturated carbocycles. The summed E-state index contributed by atoms with van der Waals surface area (Å²) in [5.41, 5.74) is 5.17. The van der Waals surface area contributed by atoms with Gasteiger partial charge in [0.1, 0.15) is 11.2 Å². The summed E-state index contributed by atoms with van der Waals surface area (Å²) in [6, 6.07) is 7.90. The fourth-order valence-electron chi connectivity index (χ4n) is 3.43. The molecule has 0 atom stereocenters. The van der Waals surface area contributed by atoms with Gasteiger partial charge in [0.05, 0.1) is 35.5 Å². The van der Waals surface area contributed by atoms with Crippen molar-refractivity contribution < 1.29 is 4.79 Å². The van der Waals surface area contributed by atoms with Crippen molar-refractivity contribution in [2.24, 2.45) is 7.05 Å². The molecule has 1 amide bonds. The molecule has 144 valence electrons. The Morgan fingerprint density at radius 3 is 2.89 bits per heavy atom. The standard InChI is InChI=1S/C20H23N7O/c1-5-16(28)26(3)10-12-7-6-8-14(23-12)15-9-13-18-17(22-11-27(18)4)20(21-2)25-19(13)24-15/h6-9,11H,5,10H2,1-4H3,(H2,21,24,25). The zero-order chi connectivity index (χ0) is 19.8. The maximum absolute atomic E-state index is 11.8. The Morgan fingerprint density at radius 2 is 2.14 bits per heavy atom. The average Bonchev–Trinajstić information content (AvgIpc) is 3.30. The Morgan fingerprint density at radius 1 is 1.32 bits per heavy atom. The van der Waals surface area contributed by atoms with Gasteiger partial charge in [-0.05, 0) is 18.2 Å². The Kier molecular flexibility index (Phi) is 4.46. The third kappa shape index (κ3) is 2.96. The Hall–Kier alpha value is -3.42. The van der Waals surface area contributed by atoms with Gasteiger partial charge in [-0.25, -0.2) is 15.0 Å². The summed E-state index contributed by atoms with van der Waals surface area (Å²) in [4.78, 5) is 30.8. The van der Waals surface area contributed by atoms with Gasteiger partial charge in [0.2, 0.25) is 5.91 Å². The normalized spacial score (nSPS) is 11.3. The summed E-state index contributed by atoms with van der Waals surface area (Å²) in [7, 11) is 5.61. The number of hydrogen-bond donors (Lipinski definition) is 2. The smallest absolute Gasteiger partial charge is 0.222 e. The van der Waals surface area contributed by atoms with Crippen molar-refractivity contribution in [1.82, 2.24) is 29.4 Å². The Labute approximate surface area is 162 Å². The maximum atomic E-state index is 11.8. The van der Waals surface area contributed by atoms with Crippen molar-refractivity contribution in [2.75, 3.05) is 19.4 Å². The molecule has 4 aromatic heterocycles. The number of imidazole rings is 1. The van der Waals surface area contributed by atoms with Crippen LogP contribution >= 0.6 is 0 Å². The summed E-state index contributed by atoms with van der Waals surface area (Å²) in [5, 5.41) is 4.11. The lowest BCUT2D eigenvalue weighted by molar-refractivity contribution is -0.130. The first-order chi connectivity index (χ1) is 13.5. The van der Waals surface area contributed by atoms with E-state index in [1.165, 1.54) is 0 Å². The molecule has 28 heavy (non-hydrogen) atoms. The number of nitrogens with zero attached hydrogens (tertiary/aromatic N) is 5. The van der Waals surface area contributed by atoms with Crippen LogP contribution in [-0.4, -0.2) is 49.4 Å². The predicted octanol–water partition coefficient (Wildman–Crippen LogP) is 2.92. The van der Waals surface area contributed by atoms with Crippen LogP contribution in [0.15, 0.2) is 30.6 Å². The number of carbonyl (C=O) groups is 1. The summed E-state index contributed by atoms with van der Waals surface area (Å²) in [6.45, 7) is 2.34. The minimum absolute atomic E-state index is 0.0974. The molecule has 0 aromatic carbocycles. The SMILES string of the molecule is CCC(=O)N(C)Cc1cccc(-c2cc3c(nc(NC)c4ncn(C)c43)[nH]2)n1. The molecule has 0 bridgehead atoms. The first-order valence-corrected chi connectivity index (χ1v) is 9.23. The van der Waals surface area contributed by atoms with E-state index in [4.69, 9.17) is 4.98 Å². The molecular weight excluding hydrogens is 354 g/mol. The number of pyridine rings is 2. The summed E-state index contributed by atoms with van der Waals surface area (Å²) >= 11 is 0. The van der Waals surface area contributed by atoms with E-state index in [1.807, 2.05) is 43.8 Å². The van der Waals surface area contributed by atoms with E-state index in [0.717, 1.165) is 45.0 Å². The number of amides is 1. The summed E-state index contributed by atoms with van der Waals surface area (Å²) < 4.78 is 1.99. The van der Waals surface area contributed by atoms with Gasteiger partial charge in [0, 0.05) is 33.0 Å². The molecule has 2 N–H and O–H groups in total. The van der Waals surface area contributed by atoms with Gasteiger partial charge in [0.25, 0.3) is 0 Å².